The van der Waals surface area contributed by atoms with Gasteiger partial charge in [-0.2, -0.15) is 5.10 Å². The van der Waals surface area contributed by atoms with Crippen molar-refractivity contribution in [2.45, 2.75) is 39.7 Å². The second kappa shape index (κ2) is 7.13. The molecule has 0 saturated heterocycles. The summed E-state index contributed by atoms with van der Waals surface area (Å²) in [5, 5.41) is 19.3. The molecule has 0 unspecified atom stereocenters. The molecule has 0 aliphatic carbocycles. The molecule has 1 aromatic rings. The Morgan fingerprint density at radius 1 is 1.53 bits per heavy atom. The van der Waals surface area contributed by atoms with Crippen LogP contribution in [0.15, 0.2) is 17.5 Å². The summed E-state index contributed by atoms with van der Waals surface area (Å²) in [4.78, 5) is 0. The van der Waals surface area contributed by atoms with Crippen LogP contribution >= 0.6 is 0 Å². The van der Waals surface area contributed by atoms with Crippen LogP contribution in [0.2, 0.25) is 0 Å². The molecule has 4 N–H and O–H groups in total. The Morgan fingerprint density at radius 2 is 2.26 bits per heavy atom. The third kappa shape index (κ3) is 5.30. The lowest BCUT2D eigenvalue weighted by Gasteiger charge is -2.22. The number of aryl methyl sites for hydroxylation is 1. The molecular weight excluding hydrogens is 242 g/mol. The van der Waals surface area contributed by atoms with Gasteiger partial charge in [0.1, 0.15) is 5.84 Å². The minimum atomic E-state index is -0.238. The van der Waals surface area contributed by atoms with Crippen LogP contribution in [0.25, 0.3) is 0 Å². The Balaban J connectivity index is 2.11. The standard InChI is InChI=1S/C13H25N5O/c1-13(2,12(14)17-19)6-4-5-7-15-8-11-9-16-18(3)10-11/h9-10,15,19H,4-8H2,1-3H3,(H2,14,17). The second-order valence-electron chi connectivity index (χ2n) is 5.53. The van der Waals surface area contributed by atoms with Crippen molar-refractivity contribution in [1.82, 2.24) is 15.1 Å². The monoisotopic (exact) mass is 267 g/mol. The fourth-order valence-corrected chi connectivity index (χ4v) is 1.88. The first-order valence-electron chi connectivity index (χ1n) is 6.62. The molecular formula is C13H25N5O. The SMILES string of the molecule is Cn1cc(CNCCCCC(C)(C)/C(N)=N/O)cn1. The molecule has 0 radical (unpaired) electrons. The van der Waals surface area contributed by atoms with E-state index in [4.69, 9.17) is 10.9 Å². The van der Waals surface area contributed by atoms with E-state index in [-0.39, 0.29) is 5.41 Å². The summed E-state index contributed by atoms with van der Waals surface area (Å²) < 4.78 is 1.80. The fourth-order valence-electron chi connectivity index (χ4n) is 1.88. The number of oxime groups is 1. The molecule has 0 spiro atoms. The molecule has 0 fully saturated rings. The number of aromatic nitrogens is 2. The van der Waals surface area contributed by atoms with Gasteiger partial charge in [-0.15, -0.1) is 0 Å². The molecule has 6 nitrogen and oxygen atoms in total. The van der Waals surface area contributed by atoms with E-state index in [0.29, 0.717) is 5.84 Å². The molecule has 0 saturated carbocycles. The lowest BCUT2D eigenvalue weighted by molar-refractivity contribution is 0.304. The zero-order chi connectivity index (χ0) is 14.3. The third-order valence-electron chi connectivity index (χ3n) is 3.29. The van der Waals surface area contributed by atoms with E-state index in [1.807, 2.05) is 33.3 Å². The zero-order valence-electron chi connectivity index (χ0n) is 12.1. The third-order valence-corrected chi connectivity index (χ3v) is 3.29. The molecule has 0 bridgehead atoms. The number of nitrogens with one attached hydrogen (secondary N) is 1. The van der Waals surface area contributed by atoms with Crippen molar-refractivity contribution < 1.29 is 5.21 Å². The second-order valence-corrected chi connectivity index (χ2v) is 5.53. The highest BCUT2D eigenvalue weighted by Gasteiger charge is 2.22. The van der Waals surface area contributed by atoms with Crippen molar-refractivity contribution in [2.75, 3.05) is 6.54 Å². The molecule has 1 rings (SSSR count). The molecule has 6 heteroatoms. The number of nitrogens with zero attached hydrogens (tertiary/aromatic N) is 3. The van der Waals surface area contributed by atoms with Crippen molar-refractivity contribution in [1.29, 1.82) is 0 Å². The summed E-state index contributed by atoms with van der Waals surface area (Å²) in [7, 11) is 1.92. The highest BCUT2D eigenvalue weighted by molar-refractivity contribution is 5.85. The van der Waals surface area contributed by atoms with Gasteiger partial charge in [0, 0.05) is 30.8 Å². The maximum atomic E-state index is 8.68. The average molecular weight is 267 g/mol. The van der Waals surface area contributed by atoms with Crippen molar-refractivity contribution in [3.8, 4) is 0 Å². The molecule has 0 amide bonds. The molecule has 0 aliphatic rings. The van der Waals surface area contributed by atoms with E-state index in [0.717, 1.165) is 32.4 Å². The van der Waals surface area contributed by atoms with Crippen molar-refractivity contribution in [3.05, 3.63) is 18.0 Å². The first kappa shape index (κ1) is 15.5. The molecule has 0 aromatic carbocycles. The highest BCUT2D eigenvalue weighted by atomic mass is 16.4. The minimum absolute atomic E-state index is 0.238. The molecule has 108 valence electrons. The number of nitrogens with two attached hydrogens (primary N) is 1. The predicted molar refractivity (Wildman–Crippen MR) is 76.0 cm³/mol. The van der Waals surface area contributed by atoms with E-state index in [2.05, 4.69) is 15.6 Å². The van der Waals surface area contributed by atoms with Crippen LogP contribution < -0.4 is 11.1 Å². The van der Waals surface area contributed by atoms with E-state index >= 15 is 0 Å². The number of hydrogen-bond donors (Lipinski definition) is 3. The minimum Gasteiger partial charge on any atom is -0.409 e. The normalized spacial score (nSPS) is 12.9. The number of amidine groups is 1. The van der Waals surface area contributed by atoms with Gasteiger partial charge in [-0.1, -0.05) is 25.4 Å². The first-order chi connectivity index (χ1) is 8.95. The van der Waals surface area contributed by atoms with E-state index in [9.17, 15) is 0 Å². The van der Waals surface area contributed by atoms with Crippen molar-refractivity contribution >= 4 is 5.84 Å². The molecule has 19 heavy (non-hydrogen) atoms. The van der Waals surface area contributed by atoms with Crippen LogP contribution in [0.3, 0.4) is 0 Å². The quantitative estimate of drug-likeness (QED) is 0.219. The zero-order valence-corrected chi connectivity index (χ0v) is 12.1. The van der Waals surface area contributed by atoms with E-state index < -0.39 is 0 Å². The lowest BCUT2D eigenvalue weighted by atomic mass is 9.86. The molecule has 0 atom stereocenters. The first-order valence-corrected chi connectivity index (χ1v) is 6.62. The van der Waals surface area contributed by atoms with Crippen LogP contribution in [0.4, 0.5) is 0 Å². The summed E-state index contributed by atoms with van der Waals surface area (Å²) in [6.07, 6.45) is 6.91. The molecule has 1 heterocycles. The van der Waals surface area contributed by atoms with Crippen LogP contribution in [0, 0.1) is 5.41 Å². The van der Waals surface area contributed by atoms with Gasteiger partial charge in [0.05, 0.1) is 6.20 Å². The Hall–Kier alpha value is -1.56. The Labute approximate surface area is 114 Å². The molecule has 1 aromatic heterocycles. The maximum Gasteiger partial charge on any atom is 0.144 e. The van der Waals surface area contributed by atoms with E-state index in [1.54, 1.807) is 4.68 Å². The summed E-state index contributed by atoms with van der Waals surface area (Å²) in [6.45, 7) is 5.79. The average Bonchev–Trinajstić information content (AvgIpc) is 2.78. The van der Waals surface area contributed by atoms with Gasteiger partial charge in [0.2, 0.25) is 0 Å². The number of unbranched alkanes of at least 4 members (excludes halogenated alkanes) is 1. The van der Waals surface area contributed by atoms with Crippen molar-refractivity contribution in [3.63, 3.8) is 0 Å². The summed E-state index contributed by atoms with van der Waals surface area (Å²) in [5.74, 6) is 0.302. The topological polar surface area (TPSA) is 88.5 Å². The maximum absolute atomic E-state index is 8.68. The summed E-state index contributed by atoms with van der Waals surface area (Å²) in [5.41, 5.74) is 6.60. The van der Waals surface area contributed by atoms with Crippen LogP contribution in [-0.4, -0.2) is 27.4 Å². The van der Waals surface area contributed by atoms with Gasteiger partial charge in [0.25, 0.3) is 0 Å². The Morgan fingerprint density at radius 3 is 2.84 bits per heavy atom. The van der Waals surface area contributed by atoms with Gasteiger partial charge in [-0.05, 0) is 19.4 Å². The predicted octanol–water partition coefficient (Wildman–Crippen LogP) is 1.45. The Kier molecular flexibility index (Phi) is 5.82. The van der Waals surface area contributed by atoms with Gasteiger partial charge in [0.15, 0.2) is 0 Å². The fraction of sp³-hybridized carbons (Fsp3) is 0.692. The van der Waals surface area contributed by atoms with Crippen molar-refractivity contribution in [2.24, 2.45) is 23.4 Å². The summed E-state index contributed by atoms with van der Waals surface area (Å²) >= 11 is 0. The smallest absolute Gasteiger partial charge is 0.144 e. The summed E-state index contributed by atoms with van der Waals surface area (Å²) in [6, 6.07) is 0. The van der Waals surface area contributed by atoms with Crippen LogP contribution in [-0.2, 0) is 13.6 Å². The lowest BCUT2D eigenvalue weighted by Crippen LogP contribution is -2.32. The van der Waals surface area contributed by atoms with Crippen LogP contribution in [0.5, 0.6) is 0 Å². The van der Waals surface area contributed by atoms with Crippen LogP contribution in [0.1, 0.15) is 38.7 Å². The van der Waals surface area contributed by atoms with Gasteiger partial charge >= 0.3 is 0 Å². The Bertz CT molecular complexity index is 411. The number of rotatable bonds is 8. The largest absolute Gasteiger partial charge is 0.409 e. The molecule has 0 aliphatic heterocycles. The van der Waals surface area contributed by atoms with Gasteiger partial charge < -0.3 is 16.3 Å². The van der Waals surface area contributed by atoms with Gasteiger partial charge in [-0.3, -0.25) is 4.68 Å². The van der Waals surface area contributed by atoms with Gasteiger partial charge in [-0.25, -0.2) is 0 Å². The highest BCUT2D eigenvalue weighted by Crippen LogP contribution is 2.23. The number of hydrogen-bond acceptors (Lipinski definition) is 4. The van der Waals surface area contributed by atoms with E-state index in [1.165, 1.54) is 5.56 Å².